The van der Waals surface area contributed by atoms with Crippen molar-refractivity contribution in [3.63, 3.8) is 0 Å². The largest absolute Gasteiger partial charge is 0.381 e. The predicted octanol–water partition coefficient (Wildman–Crippen LogP) is 1.74. The molecule has 2 fully saturated rings. The minimum atomic E-state index is -0.595. The highest BCUT2D eigenvalue weighted by Crippen LogP contribution is 2.25. The SMILES string of the molecule is Cl.NC(C(=O)NC1CCN(c2cccc(Cl)c2)C1=O)C1CCOCC1. The van der Waals surface area contributed by atoms with Crippen LogP contribution in [0.25, 0.3) is 0 Å². The number of nitrogens with zero attached hydrogens (tertiary/aromatic N) is 1. The predicted molar refractivity (Wildman–Crippen MR) is 99.1 cm³/mol. The van der Waals surface area contributed by atoms with E-state index < -0.39 is 12.1 Å². The van der Waals surface area contributed by atoms with Gasteiger partial charge in [0.25, 0.3) is 0 Å². The van der Waals surface area contributed by atoms with Gasteiger partial charge >= 0.3 is 0 Å². The number of carbonyl (C=O) groups is 2. The van der Waals surface area contributed by atoms with Crippen LogP contribution in [-0.2, 0) is 14.3 Å². The summed E-state index contributed by atoms with van der Waals surface area (Å²) >= 11 is 5.98. The quantitative estimate of drug-likeness (QED) is 0.823. The maximum absolute atomic E-state index is 12.6. The van der Waals surface area contributed by atoms with Crippen molar-refractivity contribution in [2.45, 2.75) is 31.3 Å². The molecule has 138 valence electrons. The monoisotopic (exact) mass is 387 g/mol. The van der Waals surface area contributed by atoms with E-state index in [4.69, 9.17) is 22.1 Å². The average Bonchev–Trinajstić information content (AvgIpc) is 2.95. The molecule has 0 bridgehead atoms. The van der Waals surface area contributed by atoms with E-state index in [0.29, 0.717) is 31.2 Å². The van der Waals surface area contributed by atoms with Gasteiger partial charge in [-0.05, 0) is 43.4 Å². The van der Waals surface area contributed by atoms with Crippen molar-refractivity contribution < 1.29 is 14.3 Å². The van der Waals surface area contributed by atoms with Crippen molar-refractivity contribution in [3.05, 3.63) is 29.3 Å². The summed E-state index contributed by atoms with van der Waals surface area (Å²) in [6.07, 6.45) is 2.13. The van der Waals surface area contributed by atoms with Crippen molar-refractivity contribution in [3.8, 4) is 0 Å². The first kappa shape index (κ1) is 20.0. The number of nitrogens with one attached hydrogen (secondary N) is 1. The molecule has 0 aliphatic carbocycles. The van der Waals surface area contributed by atoms with Gasteiger partial charge in [-0.2, -0.15) is 0 Å². The second-order valence-corrected chi connectivity index (χ2v) is 6.73. The summed E-state index contributed by atoms with van der Waals surface area (Å²) in [5, 5.41) is 3.39. The van der Waals surface area contributed by atoms with Crippen LogP contribution in [0, 0.1) is 5.92 Å². The van der Waals surface area contributed by atoms with Crippen LogP contribution in [0.15, 0.2) is 24.3 Å². The molecule has 3 rings (SSSR count). The number of rotatable bonds is 4. The summed E-state index contributed by atoms with van der Waals surface area (Å²) in [5.74, 6) is -0.266. The lowest BCUT2D eigenvalue weighted by atomic mass is 9.91. The molecule has 2 amide bonds. The van der Waals surface area contributed by atoms with Crippen LogP contribution in [-0.4, -0.2) is 43.7 Å². The zero-order valence-electron chi connectivity index (χ0n) is 13.8. The lowest BCUT2D eigenvalue weighted by Gasteiger charge is -2.27. The second kappa shape index (κ2) is 8.85. The lowest BCUT2D eigenvalue weighted by Crippen LogP contribution is -2.51. The molecule has 2 aliphatic heterocycles. The molecule has 2 heterocycles. The molecule has 2 aliphatic rings. The van der Waals surface area contributed by atoms with Crippen molar-refractivity contribution in [1.82, 2.24) is 5.32 Å². The van der Waals surface area contributed by atoms with Crippen LogP contribution in [0.5, 0.6) is 0 Å². The minimum absolute atomic E-state index is 0. The van der Waals surface area contributed by atoms with Gasteiger partial charge in [0.1, 0.15) is 6.04 Å². The summed E-state index contributed by atoms with van der Waals surface area (Å²) in [4.78, 5) is 26.6. The third-order valence-corrected chi connectivity index (χ3v) is 4.95. The molecule has 2 atom stereocenters. The number of ether oxygens (including phenoxy) is 1. The zero-order valence-corrected chi connectivity index (χ0v) is 15.4. The first-order valence-electron chi connectivity index (χ1n) is 8.27. The van der Waals surface area contributed by atoms with Crippen molar-refractivity contribution in [2.24, 2.45) is 11.7 Å². The number of nitrogens with two attached hydrogens (primary N) is 1. The maximum atomic E-state index is 12.6. The smallest absolute Gasteiger partial charge is 0.249 e. The van der Waals surface area contributed by atoms with Gasteiger partial charge < -0.3 is 20.7 Å². The van der Waals surface area contributed by atoms with Gasteiger partial charge in [0, 0.05) is 30.5 Å². The molecule has 3 N–H and O–H groups in total. The van der Waals surface area contributed by atoms with E-state index in [0.717, 1.165) is 18.5 Å². The Kier molecular flexibility index (Phi) is 7.07. The fraction of sp³-hybridized carbons (Fsp3) is 0.529. The number of amides is 2. The van der Waals surface area contributed by atoms with Gasteiger partial charge in [-0.15, -0.1) is 12.4 Å². The molecule has 2 saturated heterocycles. The Balaban J connectivity index is 0.00000225. The third kappa shape index (κ3) is 4.64. The minimum Gasteiger partial charge on any atom is -0.381 e. The standard InChI is InChI=1S/C17H22ClN3O3.ClH/c18-12-2-1-3-13(10-12)21-7-4-14(17(21)23)20-16(22)15(19)11-5-8-24-9-6-11;/h1-3,10-11,14-15H,4-9,19H2,(H,20,22);1H. The molecule has 25 heavy (non-hydrogen) atoms. The summed E-state index contributed by atoms with van der Waals surface area (Å²) in [6, 6.07) is 6.03. The fourth-order valence-corrected chi connectivity index (χ4v) is 3.46. The van der Waals surface area contributed by atoms with E-state index in [1.807, 2.05) is 6.07 Å². The molecule has 1 aromatic rings. The number of halogens is 2. The maximum Gasteiger partial charge on any atom is 0.249 e. The van der Waals surface area contributed by atoms with E-state index in [1.165, 1.54) is 0 Å². The van der Waals surface area contributed by atoms with Crippen LogP contribution in [0.2, 0.25) is 5.02 Å². The molecule has 0 aromatic heterocycles. The molecule has 2 unspecified atom stereocenters. The Morgan fingerprint density at radius 3 is 2.72 bits per heavy atom. The molecule has 1 aromatic carbocycles. The molecule has 0 radical (unpaired) electrons. The van der Waals surface area contributed by atoms with Gasteiger partial charge in [-0.25, -0.2) is 0 Å². The molecule has 6 nitrogen and oxygen atoms in total. The van der Waals surface area contributed by atoms with Crippen molar-refractivity contribution in [1.29, 1.82) is 0 Å². The number of benzene rings is 1. The Bertz CT molecular complexity index is 623. The Hall–Kier alpha value is -1.34. The summed E-state index contributed by atoms with van der Waals surface area (Å²) in [7, 11) is 0. The molecule has 0 spiro atoms. The van der Waals surface area contributed by atoms with Crippen LogP contribution in [0.1, 0.15) is 19.3 Å². The number of hydrogen-bond donors (Lipinski definition) is 2. The van der Waals surface area contributed by atoms with Crippen molar-refractivity contribution in [2.75, 3.05) is 24.7 Å². The second-order valence-electron chi connectivity index (χ2n) is 6.30. The molecular formula is C17H23Cl2N3O3. The highest BCUT2D eigenvalue weighted by Gasteiger charge is 2.36. The van der Waals surface area contributed by atoms with Crippen LogP contribution in [0.3, 0.4) is 0 Å². The van der Waals surface area contributed by atoms with Gasteiger partial charge in [0.2, 0.25) is 11.8 Å². The topological polar surface area (TPSA) is 84.7 Å². The first-order chi connectivity index (χ1) is 11.6. The average molecular weight is 388 g/mol. The highest BCUT2D eigenvalue weighted by atomic mass is 35.5. The van der Waals surface area contributed by atoms with Crippen LogP contribution in [0.4, 0.5) is 5.69 Å². The zero-order chi connectivity index (χ0) is 17.1. The van der Waals surface area contributed by atoms with E-state index in [9.17, 15) is 9.59 Å². The first-order valence-corrected chi connectivity index (χ1v) is 8.64. The van der Waals surface area contributed by atoms with Crippen LogP contribution < -0.4 is 16.0 Å². The van der Waals surface area contributed by atoms with Gasteiger partial charge in [0.15, 0.2) is 0 Å². The van der Waals surface area contributed by atoms with Gasteiger partial charge in [-0.1, -0.05) is 17.7 Å². The summed E-state index contributed by atoms with van der Waals surface area (Å²) < 4.78 is 5.29. The Morgan fingerprint density at radius 1 is 1.32 bits per heavy atom. The summed E-state index contributed by atoms with van der Waals surface area (Å²) in [5.41, 5.74) is 6.82. The van der Waals surface area contributed by atoms with Gasteiger partial charge in [0.05, 0.1) is 6.04 Å². The van der Waals surface area contributed by atoms with E-state index in [-0.39, 0.29) is 30.1 Å². The summed E-state index contributed by atoms with van der Waals surface area (Å²) in [6.45, 7) is 1.82. The Labute approximate surface area is 158 Å². The van der Waals surface area contributed by atoms with E-state index in [1.54, 1.807) is 23.1 Å². The fourth-order valence-electron chi connectivity index (χ4n) is 3.27. The van der Waals surface area contributed by atoms with Crippen molar-refractivity contribution >= 4 is 41.5 Å². The van der Waals surface area contributed by atoms with E-state index >= 15 is 0 Å². The third-order valence-electron chi connectivity index (χ3n) is 4.72. The van der Waals surface area contributed by atoms with Crippen LogP contribution >= 0.6 is 24.0 Å². The molecular weight excluding hydrogens is 365 g/mol. The lowest BCUT2D eigenvalue weighted by molar-refractivity contribution is -0.128. The molecule has 0 saturated carbocycles. The van der Waals surface area contributed by atoms with E-state index in [2.05, 4.69) is 5.32 Å². The number of hydrogen-bond acceptors (Lipinski definition) is 4. The number of carbonyl (C=O) groups excluding carboxylic acids is 2. The van der Waals surface area contributed by atoms with Gasteiger partial charge in [-0.3, -0.25) is 9.59 Å². The Morgan fingerprint density at radius 2 is 2.04 bits per heavy atom. The normalized spacial score (nSPS) is 22.4. The highest BCUT2D eigenvalue weighted by molar-refractivity contribution is 6.31. The molecule has 8 heteroatoms. The number of anilines is 1.